The molecule has 0 saturated carbocycles. The van der Waals surface area contributed by atoms with E-state index in [4.69, 9.17) is 14.2 Å². The molecule has 2 aliphatic rings. The molecule has 6 heteroatoms. The van der Waals surface area contributed by atoms with Crippen molar-refractivity contribution in [2.45, 2.75) is 57.5 Å². The van der Waals surface area contributed by atoms with Crippen molar-refractivity contribution in [2.75, 3.05) is 26.2 Å². The summed E-state index contributed by atoms with van der Waals surface area (Å²) < 4.78 is 20.0. The van der Waals surface area contributed by atoms with Gasteiger partial charge in [-0.2, -0.15) is 0 Å². The average molecular weight is 529 g/mol. The van der Waals surface area contributed by atoms with Gasteiger partial charge in [0, 0.05) is 32.2 Å². The summed E-state index contributed by atoms with van der Waals surface area (Å²) >= 11 is 0. The maximum absolute atomic E-state index is 11.3. The molecule has 39 heavy (non-hydrogen) atoms. The Morgan fingerprint density at radius 1 is 0.718 bits per heavy atom. The number of likely N-dealkylation sites (tertiary alicyclic amines) is 2. The number of hydrogen-bond acceptors (Lipinski definition) is 5. The number of rotatable bonds is 12. The first-order valence-electron chi connectivity index (χ1n) is 14.1. The highest BCUT2D eigenvalue weighted by Gasteiger charge is 2.44. The zero-order valence-electron chi connectivity index (χ0n) is 22.8. The fraction of sp³-hybridized carbons (Fsp3) is 0.424. The highest BCUT2D eigenvalue weighted by molar-refractivity contribution is 5.47. The summed E-state index contributed by atoms with van der Waals surface area (Å²) in [6.07, 6.45) is 1.45. The first-order valence-corrected chi connectivity index (χ1v) is 14.1. The van der Waals surface area contributed by atoms with Crippen LogP contribution in [0.15, 0.2) is 91.0 Å². The van der Waals surface area contributed by atoms with Crippen molar-refractivity contribution >= 4 is 6.41 Å². The molecule has 0 radical (unpaired) electrons. The molecule has 0 aromatic heterocycles. The van der Waals surface area contributed by atoms with Crippen LogP contribution in [0.2, 0.25) is 0 Å². The van der Waals surface area contributed by atoms with Crippen molar-refractivity contribution in [3.63, 3.8) is 0 Å². The molecule has 5 atom stereocenters. The third-order valence-corrected chi connectivity index (χ3v) is 7.99. The molecule has 0 N–H and O–H groups in total. The molecule has 2 heterocycles. The number of benzene rings is 3. The van der Waals surface area contributed by atoms with Crippen LogP contribution in [0.3, 0.4) is 0 Å². The lowest BCUT2D eigenvalue weighted by atomic mass is 9.92. The monoisotopic (exact) mass is 528 g/mol. The predicted molar refractivity (Wildman–Crippen MR) is 152 cm³/mol. The van der Waals surface area contributed by atoms with Crippen LogP contribution in [0.5, 0.6) is 0 Å². The predicted octanol–water partition coefficient (Wildman–Crippen LogP) is 4.93. The largest absolute Gasteiger partial charge is 0.369 e. The van der Waals surface area contributed by atoms with Gasteiger partial charge in [-0.1, -0.05) is 91.0 Å². The van der Waals surface area contributed by atoms with E-state index in [9.17, 15) is 4.79 Å². The van der Waals surface area contributed by atoms with Crippen LogP contribution in [-0.4, -0.2) is 66.7 Å². The molecule has 2 saturated heterocycles. The maximum Gasteiger partial charge on any atom is 0.209 e. The van der Waals surface area contributed by atoms with E-state index in [1.54, 1.807) is 0 Å². The summed E-state index contributed by atoms with van der Waals surface area (Å²) in [5.74, 6) is 0.448. The number of nitrogens with zero attached hydrogens (tertiary/aromatic N) is 2. The highest BCUT2D eigenvalue weighted by atomic mass is 16.6. The van der Waals surface area contributed by atoms with Gasteiger partial charge in [-0.05, 0) is 36.0 Å². The molecule has 2 aliphatic heterocycles. The van der Waals surface area contributed by atoms with Crippen molar-refractivity contribution in [3.05, 3.63) is 108 Å². The van der Waals surface area contributed by atoms with Crippen molar-refractivity contribution in [1.29, 1.82) is 0 Å². The summed E-state index contributed by atoms with van der Waals surface area (Å²) in [7, 11) is 0. The van der Waals surface area contributed by atoms with E-state index in [2.05, 4.69) is 48.2 Å². The summed E-state index contributed by atoms with van der Waals surface area (Å²) in [5, 5.41) is 0. The number of ether oxygens (including phenoxy) is 3. The van der Waals surface area contributed by atoms with Gasteiger partial charge in [-0.15, -0.1) is 0 Å². The molecule has 5 rings (SSSR count). The van der Waals surface area contributed by atoms with Crippen LogP contribution in [0.4, 0.5) is 0 Å². The van der Waals surface area contributed by atoms with Crippen LogP contribution in [0.1, 0.15) is 30.0 Å². The van der Waals surface area contributed by atoms with E-state index >= 15 is 0 Å². The second-order valence-electron chi connectivity index (χ2n) is 10.8. The quantitative estimate of drug-likeness (QED) is 0.312. The SMILES string of the molecule is C[C@@H]1[C@@H](OCc2ccccc2)[C@H](OCc2ccccc2)[C@@H](OCc2ccccc2)CN1CC1CCN(C=O)C1. The first-order chi connectivity index (χ1) is 19.2. The smallest absolute Gasteiger partial charge is 0.209 e. The zero-order chi connectivity index (χ0) is 26.9. The average Bonchev–Trinajstić information content (AvgIpc) is 3.45. The van der Waals surface area contributed by atoms with Crippen LogP contribution in [0.25, 0.3) is 0 Å². The van der Waals surface area contributed by atoms with E-state index in [0.717, 1.165) is 55.7 Å². The second-order valence-corrected chi connectivity index (χ2v) is 10.8. The lowest BCUT2D eigenvalue weighted by Gasteiger charge is -2.48. The lowest BCUT2D eigenvalue weighted by molar-refractivity contribution is -0.201. The third-order valence-electron chi connectivity index (χ3n) is 7.99. The molecule has 1 amide bonds. The van der Waals surface area contributed by atoms with Gasteiger partial charge < -0.3 is 19.1 Å². The molecule has 0 bridgehead atoms. The minimum atomic E-state index is -0.223. The molecule has 3 aromatic rings. The molecule has 1 unspecified atom stereocenters. The Bertz CT molecular complexity index is 1130. The Balaban J connectivity index is 1.37. The van der Waals surface area contributed by atoms with Crippen LogP contribution < -0.4 is 0 Å². The Labute approximate surface area is 232 Å². The molecular weight excluding hydrogens is 488 g/mol. The normalized spacial score (nSPS) is 25.6. The number of carbonyl (C=O) groups excluding carboxylic acids is 1. The minimum Gasteiger partial charge on any atom is -0.369 e. The summed E-state index contributed by atoms with van der Waals surface area (Å²) in [4.78, 5) is 15.7. The van der Waals surface area contributed by atoms with Gasteiger partial charge in [0.2, 0.25) is 6.41 Å². The molecule has 206 valence electrons. The summed E-state index contributed by atoms with van der Waals surface area (Å²) in [6.45, 7) is 7.10. The fourth-order valence-corrected chi connectivity index (χ4v) is 5.77. The standard InChI is InChI=1S/C33H40N2O4/c1-26-32(38-23-28-13-7-3-8-14-28)33(39-24-29-15-9-4-10-16-29)31(37-22-27-11-5-2-6-12-27)21-35(26)20-30-17-18-34(19-30)25-36/h2-16,25-26,30-33H,17-24H2,1H3/t26-,30?,31+,32-,33-/m1/s1. The van der Waals surface area contributed by atoms with Gasteiger partial charge in [0.25, 0.3) is 0 Å². The van der Waals surface area contributed by atoms with E-state index in [0.29, 0.717) is 25.7 Å². The van der Waals surface area contributed by atoms with Gasteiger partial charge in [-0.3, -0.25) is 9.69 Å². The van der Waals surface area contributed by atoms with E-state index < -0.39 is 0 Å². The van der Waals surface area contributed by atoms with E-state index in [1.807, 2.05) is 59.5 Å². The Hall–Kier alpha value is -3.03. The molecule has 2 fully saturated rings. The van der Waals surface area contributed by atoms with Gasteiger partial charge in [0.05, 0.1) is 25.9 Å². The van der Waals surface area contributed by atoms with Gasteiger partial charge in [0.15, 0.2) is 0 Å². The van der Waals surface area contributed by atoms with Crippen molar-refractivity contribution < 1.29 is 19.0 Å². The highest BCUT2D eigenvalue weighted by Crippen LogP contribution is 2.30. The van der Waals surface area contributed by atoms with E-state index in [-0.39, 0.29) is 24.4 Å². The summed E-state index contributed by atoms with van der Waals surface area (Å²) in [5.41, 5.74) is 3.42. The Morgan fingerprint density at radius 2 is 1.23 bits per heavy atom. The third kappa shape index (κ3) is 7.55. The van der Waals surface area contributed by atoms with Gasteiger partial charge in [0.1, 0.15) is 12.2 Å². The second kappa shape index (κ2) is 13.9. The molecule has 6 nitrogen and oxygen atoms in total. The number of carbonyl (C=O) groups is 1. The lowest BCUT2D eigenvalue weighted by Crippen LogP contribution is -2.63. The Morgan fingerprint density at radius 3 is 1.74 bits per heavy atom. The molecule has 0 spiro atoms. The zero-order valence-corrected chi connectivity index (χ0v) is 22.8. The fourth-order valence-electron chi connectivity index (χ4n) is 5.77. The van der Waals surface area contributed by atoms with Gasteiger partial charge >= 0.3 is 0 Å². The topological polar surface area (TPSA) is 51.2 Å². The Kier molecular flexibility index (Phi) is 9.78. The maximum atomic E-state index is 11.3. The van der Waals surface area contributed by atoms with Crippen LogP contribution in [-0.2, 0) is 38.8 Å². The van der Waals surface area contributed by atoms with Gasteiger partial charge in [-0.25, -0.2) is 0 Å². The molecular formula is C33H40N2O4. The molecule has 0 aliphatic carbocycles. The minimum absolute atomic E-state index is 0.136. The van der Waals surface area contributed by atoms with Crippen molar-refractivity contribution in [1.82, 2.24) is 9.80 Å². The first kappa shape index (κ1) is 27.5. The van der Waals surface area contributed by atoms with Crippen molar-refractivity contribution in [3.8, 4) is 0 Å². The number of hydrogen-bond donors (Lipinski definition) is 0. The number of amides is 1. The van der Waals surface area contributed by atoms with Crippen LogP contribution >= 0.6 is 0 Å². The van der Waals surface area contributed by atoms with Crippen molar-refractivity contribution in [2.24, 2.45) is 5.92 Å². The van der Waals surface area contributed by atoms with E-state index in [1.165, 1.54) is 0 Å². The van der Waals surface area contributed by atoms with Crippen LogP contribution in [0, 0.1) is 5.92 Å². The number of piperidine rings is 1. The molecule has 3 aromatic carbocycles. The summed E-state index contributed by atoms with van der Waals surface area (Å²) in [6, 6.07) is 31.1.